The molecule has 1 aromatic heterocycles. The third-order valence-corrected chi connectivity index (χ3v) is 2.69. The first-order chi connectivity index (χ1) is 8.95. The summed E-state index contributed by atoms with van der Waals surface area (Å²) in [7, 11) is 0. The summed E-state index contributed by atoms with van der Waals surface area (Å²) in [6.07, 6.45) is -0.0643. The number of nitrogens with one attached hydrogen (secondary N) is 1. The molecule has 0 aliphatic carbocycles. The number of nitrogens with zero attached hydrogens (tertiary/aromatic N) is 1. The Morgan fingerprint density at radius 1 is 1.47 bits per heavy atom. The maximum absolute atomic E-state index is 11.7. The number of anilines is 1. The normalized spacial score (nSPS) is 12.3. The van der Waals surface area contributed by atoms with Crippen molar-refractivity contribution in [1.29, 1.82) is 0 Å². The highest BCUT2D eigenvalue weighted by atomic mass is 16.4. The molecule has 100 valence electrons. The number of fused-ring (bicyclic) bond motifs is 1. The lowest BCUT2D eigenvalue weighted by Crippen LogP contribution is -2.19. The minimum absolute atomic E-state index is 0.0643. The molecular weight excluding hydrogens is 248 g/mol. The van der Waals surface area contributed by atoms with Gasteiger partial charge in [-0.15, -0.1) is 0 Å². The molecule has 1 unspecified atom stereocenters. The average molecular weight is 262 g/mol. The van der Waals surface area contributed by atoms with Gasteiger partial charge in [-0.3, -0.25) is 9.59 Å². The van der Waals surface area contributed by atoms with Gasteiger partial charge < -0.3 is 14.8 Å². The second kappa shape index (κ2) is 5.09. The van der Waals surface area contributed by atoms with Gasteiger partial charge in [0.05, 0.1) is 5.92 Å². The van der Waals surface area contributed by atoms with E-state index in [2.05, 4.69) is 10.3 Å². The molecule has 1 heterocycles. The van der Waals surface area contributed by atoms with Crippen molar-refractivity contribution in [1.82, 2.24) is 4.98 Å². The molecular formula is C13H14N2O4. The van der Waals surface area contributed by atoms with E-state index in [-0.39, 0.29) is 12.3 Å². The number of carboxylic acid groups (broad SMARTS) is 1. The van der Waals surface area contributed by atoms with Crippen LogP contribution in [0.1, 0.15) is 19.2 Å². The number of amides is 1. The summed E-state index contributed by atoms with van der Waals surface area (Å²) < 4.78 is 5.32. The number of oxazole rings is 1. The second-order valence-electron chi connectivity index (χ2n) is 4.41. The zero-order valence-electron chi connectivity index (χ0n) is 10.6. The third-order valence-electron chi connectivity index (χ3n) is 2.69. The van der Waals surface area contributed by atoms with Crippen LogP contribution >= 0.6 is 0 Å². The van der Waals surface area contributed by atoms with Crippen LogP contribution in [0.5, 0.6) is 0 Å². The molecule has 0 saturated carbocycles. The number of carbonyl (C=O) groups is 2. The number of aromatic nitrogens is 1. The molecule has 19 heavy (non-hydrogen) atoms. The van der Waals surface area contributed by atoms with E-state index in [0.717, 1.165) is 0 Å². The first-order valence-corrected chi connectivity index (χ1v) is 5.85. The Morgan fingerprint density at radius 2 is 2.21 bits per heavy atom. The molecule has 2 rings (SSSR count). The predicted molar refractivity (Wildman–Crippen MR) is 68.8 cm³/mol. The molecule has 0 saturated heterocycles. The zero-order valence-corrected chi connectivity index (χ0v) is 10.6. The quantitative estimate of drug-likeness (QED) is 0.881. The summed E-state index contributed by atoms with van der Waals surface area (Å²) in [5, 5.41) is 11.4. The van der Waals surface area contributed by atoms with Crippen molar-refractivity contribution in [2.75, 3.05) is 5.32 Å². The molecule has 0 radical (unpaired) electrons. The summed E-state index contributed by atoms with van der Waals surface area (Å²) in [5.74, 6) is -1.48. The molecule has 0 aliphatic heterocycles. The Labute approximate surface area is 109 Å². The minimum Gasteiger partial charge on any atom is -0.481 e. The van der Waals surface area contributed by atoms with E-state index in [4.69, 9.17) is 9.52 Å². The van der Waals surface area contributed by atoms with Crippen molar-refractivity contribution in [2.45, 2.75) is 20.3 Å². The van der Waals surface area contributed by atoms with Gasteiger partial charge in [0.1, 0.15) is 5.52 Å². The highest BCUT2D eigenvalue weighted by Crippen LogP contribution is 2.20. The monoisotopic (exact) mass is 262 g/mol. The van der Waals surface area contributed by atoms with E-state index in [1.54, 1.807) is 25.1 Å². The number of hydrogen-bond donors (Lipinski definition) is 2. The number of benzene rings is 1. The highest BCUT2D eigenvalue weighted by Gasteiger charge is 2.16. The molecule has 0 aliphatic rings. The largest absolute Gasteiger partial charge is 0.481 e. The molecule has 0 spiro atoms. The Kier molecular flexibility index (Phi) is 3.50. The number of carbonyl (C=O) groups excluding carboxylic acids is 1. The van der Waals surface area contributed by atoms with E-state index in [9.17, 15) is 9.59 Å². The van der Waals surface area contributed by atoms with Gasteiger partial charge in [0.2, 0.25) is 5.91 Å². The van der Waals surface area contributed by atoms with Crippen LogP contribution in [-0.4, -0.2) is 22.0 Å². The first-order valence-electron chi connectivity index (χ1n) is 5.85. The van der Waals surface area contributed by atoms with Gasteiger partial charge in [0, 0.05) is 19.0 Å². The summed E-state index contributed by atoms with van der Waals surface area (Å²) in [6, 6.07) is 5.09. The molecule has 6 nitrogen and oxygen atoms in total. The maximum atomic E-state index is 11.7. The number of aliphatic carboxylic acids is 1. The molecule has 0 bridgehead atoms. The van der Waals surface area contributed by atoms with Crippen molar-refractivity contribution >= 4 is 28.7 Å². The van der Waals surface area contributed by atoms with Gasteiger partial charge in [0.25, 0.3) is 0 Å². The van der Waals surface area contributed by atoms with Crippen LogP contribution in [0, 0.1) is 12.8 Å². The van der Waals surface area contributed by atoms with E-state index in [1.165, 1.54) is 6.92 Å². The van der Waals surface area contributed by atoms with Crippen LogP contribution in [0.25, 0.3) is 11.1 Å². The fourth-order valence-corrected chi connectivity index (χ4v) is 1.70. The van der Waals surface area contributed by atoms with Gasteiger partial charge in [-0.2, -0.15) is 0 Å². The fourth-order valence-electron chi connectivity index (χ4n) is 1.70. The lowest BCUT2D eigenvalue weighted by atomic mass is 10.1. The number of carboxylic acids is 1. The van der Waals surface area contributed by atoms with Crippen LogP contribution < -0.4 is 5.32 Å². The second-order valence-corrected chi connectivity index (χ2v) is 4.41. The molecule has 1 aromatic carbocycles. The van der Waals surface area contributed by atoms with Gasteiger partial charge >= 0.3 is 5.97 Å². The Morgan fingerprint density at radius 3 is 2.89 bits per heavy atom. The van der Waals surface area contributed by atoms with Crippen molar-refractivity contribution in [3.05, 3.63) is 24.1 Å². The third kappa shape index (κ3) is 3.09. The van der Waals surface area contributed by atoms with Gasteiger partial charge in [-0.1, -0.05) is 6.92 Å². The first kappa shape index (κ1) is 13.1. The van der Waals surface area contributed by atoms with Crippen LogP contribution in [0.2, 0.25) is 0 Å². The number of hydrogen-bond acceptors (Lipinski definition) is 4. The van der Waals surface area contributed by atoms with E-state index in [1.807, 2.05) is 0 Å². The molecule has 2 N–H and O–H groups in total. The Balaban J connectivity index is 2.08. The number of rotatable bonds is 4. The van der Waals surface area contributed by atoms with E-state index >= 15 is 0 Å². The average Bonchev–Trinajstić information content (AvgIpc) is 2.68. The molecule has 1 amide bonds. The smallest absolute Gasteiger partial charge is 0.306 e. The van der Waals surface area contributed by atoms with E-state index < -0.39 is 11.9 Å². The van der Waals surface area contributed by atoms with Gasteiger partial charge in [-0.05, 0) is 18.2 Å². The van der Waals surface area contributed by atoms with E-state index in [0.29, 0.717) is 22.7 Å². The molecule has 1 atom stereocenters. The van der Waals surface area contributed by atoms with Crippen molar-refractivity contribution in [3.63, 3.8) is 0 Å². The SMILES string of the molecule is Cc1nc2cc(NC(=O)CC(C)C(=O)O)ccc2o1. The summed E-state index contributed by atoms with van der Waals surface area (Å²) in [4.78, 5) is 26.5. The molecule has 2 aromatic rings. The summed E-state index contributed by atoms with van der Waals surface area (Å²) in [6.45, 7) is 3.24. The standard InChI is InChI=1S/C13H14N2O4/c1-7(13(17)18)5-12(16)15-9-3-4-11-10(6-9)14-8(2)19-11/h3-4,6-7H,5H2,1-2H3,(H,15,16)(H,17,18). The Bertz CT molecular complexity index is 633. The highest BCUT2D eigenvalue weighted by molar-refractivity contribution is 5.94. The lowest BCUT2D eigenvalue weighted by molar-refractivity contribution is -0.142. The fraction of sp³-hybridized carbons (Fsp3) is 0.308. The summed E-state index contributed by atoms with van der Waals surface area (Å²) >= 11 is 0. The summed E-state index contributed by atoms with van der Waals surface area (Å²) in [5.41, 5.74) is 1.87. The van der Waals surface area contributed by atoms with Crippen LogP contribution in [-0.2, 0) is 9.59 Å². The zero-order chi connectivity index (χ0) is 14.0. The van der Waals surface area contributed by atoms with Crippen LogP contribution in [0.4, 0.5) is 5.69 Å². The molecule has 6 heteroatoms. The topological polar surface area (TPSA) is 92.4 Å². The lowest BCUT2D eigenvalue weighted by Gasteiger charge is -2.07. The number of aryl methyl sites for hydroxylation is 1. The van der Waals surface area contributed by atoms with Gasteiger partial charge in [0.15, 0.2) is 11.5 Å². The van der Waals surface area contributed by atoms with Crippen molar-refractivity contribution in [2.24, 2.45) is 5.92 Å². The minimum atomic E-state index is -0.988. The Hall–Kier alpha value is -2.37. The van der Waals surface area contributed by atoms with Crippen molar-refractivity contribution < 1.29 is 19.1 Å². The predicted octanol–water partition coefficient (Wildman–Crippen LogP) is 2.19. The van der Waals surface area contributed by atoms with Crippen LogP contribution in [0.15, 0.2) is 22.6 Å². The van der Waals surface area contributed by atoms with Crippen LogP contribution in [0.3, 0.4) is 0 Å². The maximum Gasteiger partial charge on any atom is 0.306 e. The molecule has 0 fully saturated rings. The van der Waals surface area contributed by atoms with Crippen molar-refractivity contribution in [3.8, 4) is 0 Å². The van der Waals surface area contributed by atoms with Gasteiger partial charge in [-0.25, -0.2) is 4.98 Å².